The Morgan fingerprint density at radius 2 is 1.88 bits per heavy atom. The molecule has 1 aromatic rings. The zero-order valence-electron chi connectivity index (χ0n) is 9.65. The highest BCUT2D eigenvalue weighted by Crippen LogP contribution is 2.19. The lowest BCUT2D eigenvalue weighted by atomic mass is 9.89. The summed E-state index contributed by atoms with van der Waals surface area (Å²) in [6.45, 7) is 1.55. The highest BCUT2D eigenvalue weighted by molar-refractivity contribution is 5.22. The van der Waals surface area contributed by atoms with Crippen LogP contribution in [0.5, 0.6) is 0 Å². The number of nitrogens with one attached hydrogen (secondary N) is 1. The summed E-state index contributed by atoms with van der Waals surface area (Å²) in [6, 6.07) is 8.92. The quantitative estimate of drug-likeness (QED) is 0.790. The number of benzene rings is 1. The fraction of sp³-hybridized carbons (Fsp3) is 0.538. The van der Waals surface area contributed by atoms with Crippen molar-refractivity contribution >= 4 is 0 Å². The summed E-state index contributed by atoms with van der Waals surface area (Å²) in [5.74, 6) is 0. The Bertz CT molecular complexity index is 317. The molecule has 1 saturated carbocycles. The van der Waals surface area contributed by atoms with E-state index in [2.05, 4.69) is 29.6 Å². The molecule has 0 radical (unpaired) electrons. The molecule has 0 aromatic heterocycles. The van der Waals surface area contributed by atoms with Gasteiger partial charge in [0.25, 0.3) is 0 Å². The standard InChI is InChI=1S/C13H19NO2/c1-16-9-11-4-2-10(3-5-11)8-14-12-6-13(15)7-12/h2-5,12-15H,6-9H2,1H3. The number of methoxy groups -OCH3 is 1. The SMILES string of the molecule is COCc1ccc(CNC2CC(O)C2)cc1. The van der Waals surface area contributed by atoms with E-state index >= 15 is 0 Å². The van der Waals surface area contributed by atoms with Gasteiger partial charge in [0.15, 0.2) is 0 Å². The second-order valence-electron chi connectivity index (χ2n) is 4.45. The lowest BCUT2D eigenvalue weighted by Crippen LogP contribution is -2.43. The Balaban J connectivity index is 1.76. The number of aliphatic hydroxyl groups is 1. The molecule has 0 aliphatic heterocycles. The first-order chi connectivity index (χ1) is 7.78. The summed E-state index contributed by atoms with van der Waals surface area (Å²) in [7, 11) is 1.71. The maximum atomic E-state index is 9.16. The second kappa shape index (κ2) is 5.43. The molecule has 3 nitrogen and oxygen atoms in total. The van der Waals surface area contributed by atoms with Gasteiger partial charge >= 0.3 is 0 Å². The second-order valence-corrected chi connectivity index (χ2v) is 4.45. The van der Waals surface area contributed by atoms with E-state index < -0.39 is 0 Å². The normalized spacial score (nSPS) is 24.1. The van der Waals surface area contributed by atoms with Gasteiger partial charge in [0.1, 0.15) is 0 Å². The average molecular weight is 221 g/mol. The van der Waals surface area contributed by atoms with Gasteiger partial charge in [-0.25, -0.2) is 0 Å². The molecule has 0 amide bonds. The van der Waals surface area contributed by atoms with Crippen LogP contribution in [0.4, 0.5) is 0 Å². The van der Waals surface area contributed by atoms with Crippen LogP contribution in [-0.4, -0.2) is 24.4 Å². The average Bonchev–Trinajstić information content (AvgIpc) is 2.25. The predicted molar refractivity (Wildman–Crippen MR) is 63.0 cm³/mol. The van der Waals surface area contributed by atoms with Crippen LogP contribution in [0, 0.1) is 0 Å². The van der Waals surface area contributed by atoms with E-state index in [-0.39, 0.29) is 6.10 Å². The van der Waals surface area contributed by atoms with Gasteiger partial charge in [-0.2, -0.15) is 0 Å². The van der Waals surface area contributed by atoms with Gasteiger partial charge in [-0.1, -0.05) is 24.3 Å². The largest absolute Gasteiger partial charge is 0.393 e. The summed E-state index contributed by atoms with van der Waals surface area (Å²) < 4.78 is 5.06. The van der Waals surface area contributed by atoms with Crippen molar-refractivity contribution < 1.29 is 9.84 Å². The van der Waals surface area contributed by atoms with Crippen LogP contribution in [0.3, 0.4) is 0 Å². The number of aliphatic hydroxyl groups excluding tert-OH is 1. The summed E-state index contributed by atoms with van der Waals surface area (Å²) in [5, 5.41) is 12.6. The minimum absolute atomic E-state index is 0.0819. The van der Waals surface area contributed by atoms with E-state index in [4.69, 9.17) is 9.84 Å². The van der Waals surface area contributed by atoms with Gasteiger partial charge < -0.3 is 15.2 Å². The predicted octanol–water partition coefficient (Wildman–Crippen LogP) is 1.45. The van der Waals surface area contributed by atoms with Crippen LogP contribution in [0.25, 0.3) is 0 Å². The molecule has 1 aliphatic rings. The fourth-order valence-corrected chi connectivity index (χ4v) is 1.94. The summed E-state index contributed by atoms with van der Waals surface area (Å²) in [5.41, 5.74) is 2.48. The Labute approximate surface area is 96.4 Å². The van der Waals surface area contributed by atoms with E-state index in [1.165, 1.54) is 11.1 Å². The molecule has 0 heterocycles. The summed E-state index contributed by atoms with van der Waals surface area (Å²) in [6.07, 6.45) is 1.70. The molecule has 3 heteroatoms. The smallest absolute Gasteiger partial charge is 0.0713 e. The van der Waals surface area contributed by atoms with Crippen molar-refractivity contribution in [3.63, 3.8) is 0 Å². The molecule has 0 unspecified atom stereocenters. The van der Waals surface area contributed by atoms with Gasteiger partial charge in [-0.3, -0.25) is 0 Å². The zero-order valence-corrected chi connectivity index (χ0v) is 9.65. The molecule has 0 atom stereocenters. The van der Waals surface area contributed by atoms with Gasteiger partial charge in [-0.05, 0) is 24.0 Å². The van der Waals surface area contributed by atoms with Crippen LogP contribution < -0.4 is 5.32 Å². The van der Waals surface area contributed by atoms with Gasteiger partial charge in [0.05, 0.1) is 12.7 Å². The Hall–Kier alpha value is -0.900. The first-order valence-electron chi connectivity index (χ1n) is 5.76. The van der Waals surface area contributed by atoms with Crippen molar-refractivity contribution in [2.75, 3.05) is 7.11 Å². The number of ether oxygens (including phenoxy) is 1. The Morgan fingerprint density at radius 1 is 1.25 bits per heavy atom. The molecule has 88 valence electrons. The Kier molecular flexibility index (Phi) is 3.93. The molecule has 0 bridgehead atoms. The number of hydrogen-bond acceptors (Lipinski definition) is 3. The topological polar surface area (TPSA) is 41.5 Å². The molecular weight excluding hydrogens is 202 g/mol. The Morgan fingerprint density at radius 3 is 2.44 bits per heavy atom. The van der Waals surface area contributed by atoms with E-state index in [0.717, 1.165) is 19.4 Å². The first kappa shape index (κ1) is 11.6. The van der Waals surface area contributed by atoms with E-state index in [9.17, 15) is 0 Å². The molecular formula is C13H19NO2. The lowest BCUT2D eigenvalue weighted by Gasteiger charge is -2.32. The molecule has 1 fully saturated rings. The van der Waals surface area contributed by atoms with Crippen molar-refractivity contribution in [1.82, 2.24) is 5.32 Å². The number of rotatable bonds is 5. The highest BCUT2D eigenvalue weighted by atomic mass is 16.5. The van der Waals surface area contributed by atoms with E-state index in [1.807, 2.05) is 0 Å². The van der Waals surface area contributed by atoms with Crippen LogP contribution in [0.15, 0.2) is 24.3 Å². The monoisotopic (exact) mass is 221 g/mol. The fourth-order valence-electron chi connectivity index (χ4n) is 1.94. The van der Waals surface area contributed by atoms with Crippen molar-refractivity contribution in [3.05, 3.63) is 35.4 Å². The molecule has 1 aromatic carbocycles. The maximum Gasteiger partial charge on any atom is 0.0713 e. The van der Waals surface area contributed by atoms with Gasteiger partial charge in [-0.15, -0.1) is 0 Å². The minimum atomic E-state index is -0.0819. The molecule has 2 rings (SSSR count). The van der Waals surface area contributed by atoms with Crippen molar-refractivity contribution in [3.8, 4) is 0 Å². The van der Waals surface area contributed by atoms with E-state index in [1.54, 1.807) is 7.11 Å². The van der Waals surface area contributed by atoms with Crippen molar-refractivity contribution in [1.29, 1.82) is 0 Å². The van der Waals surface area contributed by atoms with Crippen LogP contribution >= 0.6 is 0 Å². The first-order valence-corrected chi connectivity index (χ1v) is 5.76. The van der Waals surface area contributed by atoms with E-state index in [0.29, 0.717) is 12.6 Å². The highest BCUT2D eigenvalue weighted by Gasteiger charge is 2.26. The molecule has 0 saturated heterocycles. The van der Waals surface area contributed by atoms with Gasteiger partial charge in [0, 0.05) is 19.7 Å². The number of hydrogen-bond donors (Lipinski definition) is 2. The van der Waals surface area contributed by atoms with Crippen LogP contribution in [-0.2, 0) is 17.9 Å². The lowest BCUT2D eigenvalue weighted by molar-refractivity contribution is 0.0619. The maximum absolute atomic E-state index is 9.16. The minimum Gasteiger partial charge on any atom is -0.393 e. The summed E-state index contributed by atoms with van der Waals surface area (Å²) >= 11 is 0. The third-order valence-corrected chi connectivity index (χ3v) is 3.04. The van der Waals surface area contributed by atoms with Gasteiger partial charge in [0.2, 0.25) is 0 Å². The zero-order chi connectivity index (χ0) is 11.4. The van der Waals surface area contributed by atoms with Crippen LogP contribution in [0.1, 0.15) is 24.0 Å². The molecule has 0 spiro atoms. The molecule has 1 aliphatic carbocycles. The van der Waals surface area contributed by atoms with Crippen LogP contribution in [0.2, 0.25) is 0 Å². The third-order valence-electron chi connectivity index (χ3n) is 3.04. The van der Waals surface area contributed by atoms with Crippen molar-refractivity contribution in [2.45, 2.75) is 38.1 Å². The van der Waals surface area contributed by atoms with Crippen molar-refractivity contribution in [2.24, 2.45) is 0 Å². The molecule has 16 heavy (non-hydrogen) atoms. The summed E-state index contributed by atoms with van der Waals surface area (Å²) in [4.78, 5) is 0. The third kappa shape index (κ3) is 3.04. The molecule has 2 N–H and O–H groups in total.